The number of aromatic nitrogens is 2. The van der Waals surface area contributed by atoms with E-state index in [2.05, 4.69) is 29.1 Å². The molecular weight excluding hydrogens is 288 g/mol. The summed E-state index contributed by atoms with van der Waals surface area (Å²) in [6.45, 7) is 2.25. The Labute approximate surface area is 134 Å². The molecule has 3 N–H and O–H groups in total. The number of rotatable bonds is 2. The molecule has 23 heavy (non-hydrogen) atoms. The number of primary amides is 1. The summed E-state index contributed by atoms with van der Waals surface area (Å²) in [6, 6.07) is 9.79. The Morgan fingerprint density at radius 2 is 1.96 bits per heavy atom. The summed E-state index contributed by atoms with van der Waals surface area (Å²) in [5.41, 5.74) is 8.83. The highest BCUT2D eigenvalue weighted by Crippen LogP contribution is 2.30. The van der Waals surface area contributed by atoms with Crippen LogP contribution < -0.4 is 5.73 Å². The number of nitrogens with zero attached hydrogens (tertiary/aromatic N) is 2. The van der Waals surface area contributed by atoms with Crippen LogP contribution in [0.15, 0.2) is 30.3 Å². The molecule has 4 rings (SSSR count). The van der Waals surface area contributed by atoms with Crippen molar-refractivity contribution in [2.45, 2.75) is 18.8 Å². The largest absolute Gasteiger partial charge is 0.366 e. The van der Waals surface area contributed by atoms with E-state index in [1.54, 1.807) is 12.1 Å². The molecule has 0 spiro atoms. The Hall–Kier alpha value is -2.40. The first kappa shape index (κ1) is 14.2. The second kappa shape index (κ2) is 5.35. The fourth-order valence-corrected chi connectivity index (χ4v) is 3.48. The van der Waals surface area contributed by atoms with Crippen LogP contribution in [0, 0.1) is 0 Å². The van der Waals surface area contributed by atoms with E-state index in [9.17, 15) is 4.79 Å². The normalized spacial score (nSPS) is 17.1. The van der Waals surface area contributed by atoms with Crippen LogP contribution in [0.3, 0.4) is 0 Å². The van der Waals surface area contributed by atoms with E-state index in [0.29, 0.717) is 11.5 Å². The lowest BCUT2D eigenvalue weighted by molar-refractivity contribution is 0.100. The van der Waals surface area contributed by atoms with Gasteiger partial charge in [0.15, 0.2) is 0 Å². The Balaban J connectivity index is 1.76. The summed E-state index contributed by atoms with van der Waals surface area (Å²) >= 11 is 0. The quantitative estimate of drug-likeness (QED) is 0.764. The molecule has 118 valence electrons. The van der Waals surface area contributed by atoms with E-state index >= 15 is 0 Å². The van der Waals surface area contributed by atoms with Gasteiger partial charge in [-0.1, -0.05) is 6.07 Å². The van der Waals surface area contributed by atoms with Crippen LogP contribution in [0.5, 0.6) is 0 Å². The molecule has 1 fully saturated rings. The minimum absolute atomic E-state index is 0.412. The second-order valence-electron chi connectivity index (χ2n) is 6.46. The fourth-order valence-electron chi connectivity index (χ4n) is 3.48. The first-order valence-corrected chi connectivity index (χ1v) is 8.02. The number of aromatic amines is 1. The molecule has 2 aromatic heterocycles. The summed E-state index contributed by atoms with van der Waals surface area (Å²) in [5.74, 6) is 0.119. The SMILES string of the molecule is CN1CCC(c2ccc3c(n2)[nH]c2cc(C(N)=O)ccc23)CC1. The molecule has 0 aliphatic carbocycles. The van der Waals surface area contributed by atoms with Crippen LogP contribution >= 0.6 is 0 Å². The molecule has 1 aliphatic rings. The molecular formula is C18H20N4O. The van der Waals surface area contributed by atoms with Gasteiger partial charge >= 0.3 is 0 Å². The maximum Gasteiger partial charge on any atom is 0.248 e. The van der Waals surface area contributed by atoms with Gasteiger partial charge in [0.05, 0.1) is 0 Å². The lowest BCUT2D eigenvalue weighted by Crippen LogP contribution is -2.29. The smallest absolute Gasteiger partial charge is 0.248 e. The van der Waals surface area contributed by atoms with E-state index in [1.165, 1.54) is 0 Å². The Morgan fingerprint density at radius 3 is 2.70 bits per heavy atom. The van der Waals surface area contributed by atoms with Crippen molar-refractivity contribution in [1.29, 1.82) is 0 Å². The average Bonchev–Trinajstić information content (AvgIpc) is 2.92. The molecule has 1 aromatic carbocycles. The number of hydrogen-bond acceptors (Lipinski definition) is 3. The van der Waals surface area contributed by atoms with Crippen molar-refractivity contribution >= 4 is 27.8 Å². The van der Waals surface area contributed by atoms with Crippen molar-refractivity contribution in [3.05, 3.63) is 41.6 Å². The van der Waals surface area contributed by atoms with Gasteiger partial charge in [0, 0.05) is 33.5 Å². The van der Waals surface area contributed by atoms with Crippen LogP contribution in [0.1, 0.15) is 34.8 Å². The van der Waals surface area contributed by atoms with Gasteiger partial charge in [-0.05, 0) is 57.2 Å². The number of benzene rings is 1. The summed E-state index contributed by atoms with van der Waals surface area (Å²) in [7, 11) is 2.17. The molecule has 5 nitrogen and oxygen atoms in total. The van der Waals surface area contributed by atoms with Crippen molar-refractivity contribution in [3.63, 3.8) is 0 Å². The monoisotopic (exact) mass is 308 g/mol. The van der Waals surface area contributed by atoms with E-state index in [-0.39, 0.29) is 0 Å². The maximum atomic E-state index is 11.3. The highest BCUT2D eigenvalue weighted by molar-refractivity contribution is 6.08. The predicted octanol–water partition coefficient (Wildman–Crippen LogP) is 2.62. The van der Waals surface area contributed by atoms with Crippen LogP contribution in [0.25, 0.3) is 21.9 Å². The molecule has 0 atom stereocenters. The highest BCUT2D eigenvalue weighted by atomic mass is 16.1. The third kappa shape index (κ3) is 2.47. The molecule has 1 saturated heterocycles. The number of carbonyl (C=O) groups excluding carboxylic acids is 1. The Bertz CT molecular complexity index is 891. The first-order chi connectivity index (χ1) is 11.1. The molecule has 1 amide bonds. The second-order valence-corrected chi connectivity index (χ2v) is 6.46. The number of piperidine rings is 1. The first-order valence-electron chi connectivity index (χ1n) is 8.02. The van der Waals surface area contributed by atoms with Gasteiger partial charge in [-0.15, -0.1) is 0 Å². The third-order valence-corrected chi connectivity index (χ3v) is 4.90. The van der Waals surface area contributed by atoms with Crippen molar-refractivity contribution in [2.24, 2.45) is 5.73 Å². The van der Waals surface area contributed by atoms with Crippen LogP contribution in [0.4, 0.5) is 0 Å². The minimum Gasteiger partial charge on any atom is -0.366 e. The third-order valence-electron chi connectivity index (χ3n) is 4.90. The van der Waals surface area contributed by atoms with Gasteiger partial charge in [-0.25, -0.2) is 4.98 Å². The van der Waals surface area contributed by atoms with Crippen molar-refractivity contribution < 1.29 is 4.79 Å². The van der Waals surface area contributed by atoms with Gasteiger partial charge in [0.2, 0.25) is 5.91 Å². The lowest BCUT2D eigenvalue weighted by Gasteiger charge is -2.28. The number of hydrogen-bond donors (Lipinski definition) is 2. The summed E-state index contributed by atoms with van der Waals surface area (Å²) < 4.78 is 0. The summed E-state index contributed by atoms with van der Waals surface area (Å²) in [4.78, 5) is 21.9. The molecule has 0 radical (unpaired) electrons. The van der Waals surface area contributed by atoms with Gasteiger partial charge in [-0.2, -0.15) is 0 Å². The molecule has 3 aromatic rings. The predicted molar refractivity (Wildman–Crippen MR) is 91.6 cm³/mol. The molecule has 0 bridgehead atoms. The van der Waals surface area contributed by atoms with Gasteiger partial charge < -0.3 is 15.6 Å². The zero-order chi connectivity index (χ0) is 16.0. The highest BCUT2D eigenvalue weighted by Gasteiger charge is 2.20. The Kier molecular flexibility index (Phi) is 3.31. The zero-order valence-electron chi connectivity index (χ0n) is 13.2. The average molecular weight is 308 g/mol. The fraction of sp³-hybridized carbons (Fsp3) is 0.333. The molecule has 3 heterocycles. The van der Waals surface area contributed by atoms with Crippen LogP contribution in [-0.2, 0) is 0 Å². The summed E-state index contributed by atoms with van der Waals surface area (Å²) in [5, 5.41) is 2.17. The minimum atomic E-state index is -0.412. The number of amides is 1. The van der Waals surface area contributed by atoms with E-state index in [4.69, 9.17) is 10.7 Å². The van der Waals surface area contributed by atoms with Crippen molar-refractivity contribution in [3.8, 4) is 0 Å². The van der Waals surface area contributed by atoms with Gasteiger partial charge in [-0.3, -0.25) is 4.79 Å². The number of pyridine rings is 1. The topological polar surface area (TPSA) is 75.0 Å². The van der Waals surface area contributed by atoms with Gasteiger partial charge in [0.25, 0.3) is 0 Å². The van der Waals surface area contributed by atoms with E-state index in [1.807, 2.05) is 6.07 Å². The molecule has 0 saturated carbocycles. The lowest BCUT2D eigenvalue weighted by atomic mass is 9.93. The van der Waals surface area contributed by atoms with E-state index in [0.717, 1.165) is 53.6 Å². The van der Waals surface area contributed by atoms with Crippen LogP contribution in [-0.4, -0.2) is 40.9 Å². The number of carbonyl (C=O) groups is 1. The van der Waals surface area contributed by atoms with Crippen molar-refractivity contribution in [1.82, 2.24) is 14.9 Å². The maximum absolute atomic E-state index is 11.3. The van der Waals surface area contributed by atoms with E-state index < -0.39 is 5.91 Å². The summed E-state index contributed by atoms with van der Waals surface area (Å²) in [6.07, 6.45) is 2.31. The number of likely N-dealkylation sites (tertiary alicyclic amines) is 1. The number of H-pyrrole nitrogens is 1. The molecule has 0 unspecified atom stereocenters. The standard InChI is InChI=1S/C18H20N4O/c1-22-8-6-11(7-9-22)15-5-4-14-13-3-2-12(17(19)23)10-16(13)21-18(14)20-15/h2-5,10-11H,6-9H2,1H3,(H2,19,23)(H,20,21). The molecule has 1 aliphatic heterocycles. The number of nitrogens with one attached hydrogen (secondary N) is 1. The molecule has 5 heteroatoms. The van der Waals surface area contributed by atoms with Crippen molar-refractivity contribution in [2.75, 3.05) is 20.1 Å². The number of nitrogens with two attached hydrogens (primary N) is 1. The zero-order valence-corrected chi connectivity index (χ0v) is 13.2. The Morgan fingerprint density at radius 1 is 1.22 bits per heavy atom. The van der Waals surface area contributed by atoms with Gasteiger partial charge in [0.1, 0.15) is 5.65 Å². The number of fused-ring (bicyclic) bond motifs is 3. The van der Waals surface area contributed by atoms with Crippen LogP contribution in [0.2, 0.25) is 0 Å².